The van der Waals surface area contributed by atoms with Crippen LogP contribution >= 0.6 is 0 Å². The van der Waals surface area contributed by atoms with Crippen LogP contribution < -0.4 is 0 Å². The van der Waals surface area contributed by atoms with Crippen molar-refractivity contribution in [2.24, 2.45) is 7.05 Å². The number of aliphatic hydroxyl groups excluding tert-OH is 1. The molecule has 0 aliphatic carbocycles. The van der Waals surface area contributed by atoms with Gasteiger partial charge >= 0.3 is 0 Å². The third kappa shape index (κ3) is 1.69. The van der Waals surface area contributed by atoms with Gasteiger partial charge in [-0.05, 0) is 25.1 Å². The molecule has 3 rings (SSSR count). The molecule has 3 aromatic rings. The summed E-state index contributed by atoms with van der Waals surface area (Å²) < 4.78 is 7.16. The average molecular weight is 243 g/mol. The molecular weight excluding hydrogens is 230 g/mol. The van der Waals surface area contributed by atoms with Gasteiger partial charge in [0.1, 0.15) is 17.7 Å². The van der Waals surface area contributed by atoms with Crippen molar-refractivity contribution >= 4 is 11.0 Å². The highest BCUT2D eigenvalue weighted by atomic mass is 16.4. The zero-order chi connectivity index (χ0) is 12.7. The molecule has 0 radical (unpaired) electrons. The fraction of sp³-hybridized carbons (Fsp3) is 0.231. The van der Waals surface area contributed by atoms with E-state index in [-0.39, 0.29) is 0 Å². The first-order valence-electron chi connectivity index (χ1n) is 5.67. The van der Waals surface area contributed by atoms with Gasteiger partial charge < -0.3 is 9.52 Å². The fourth-order valence-electron chi connectivity index (χ4n) is 2.00. The number of nitrogens with zero attached hydrogens (tertiary/aromatic N) is 3. The third-order valence-corrected chi connectivity index (χ3v) is 2.95. The Morgan fingerprint density at radius 3 is 2.89 bits per heavy atom. The average Bonchev–Trinajstić information content (AvgIpc) is 2.93. The Bertz CT molecular complexity index is 699. The topological polar surface area (TPSA) is 64.1 Å². The lowest BCUT2D eigenvalue weighted by Gasteiger charge is -2.05. The molecule has 0 fully saturated rings. The van der Waals surface area contributed by atoms with E-state index in [1.165, 1.54) is 11.0 Å². The van der Waals surface area contributed by atoms with Crippen molar-refractivity contribution in [1.29, 1.82) is 0 Å². The lowest BCUT2D eigenvalue weighted by molar-refractivity contribution is 0.178. The van der Waals surface area contributed by atoms with E-state index in [4.69, 9.17) is 4.42 Å². The molecule has 92 valence electrons. The van der Waals surface area contributed by atoms with E-state index in [2.05, 4.69) is 10.1 Å². The SMILES string of the molecule is Cc1ccc2oc(C(O)c3ncnn3C)cc2c1. The lowest BCUT2D eigenvalue weighted by atomic mass is 10.1. The summed E-state index contributed by atoms with van der Waals surface area (Å²) in [6.07, 6.45) is 0.510. The second-order valence-electron chi connectivity index (χ2n) is 4.33. The van der Waals surface area contributed by atoms with Gasteiger partial charge in [0.2, 0.25) is 0 Å². The maximum absolute atomic E-state index is 10.2. The standard InChI is InChI=1S/C13H13N3O2/c1-8-3-4-10-9(5-8)6-11(18-10)12(17)13-14-7-15-16(13)2/h3-7,12,17H,1-2H3. The van der Waals surface area contributed by atoms with E-state index in [0.717, 1.165) is 16.5 Å². The molecule has 0 aliphatic heterocycles. The van der Waals surface area contributed by atoms with Gasteiger partial charge in [0.05, 0.1) is 0 Å². The summed E-state index contributed by atoms with van der Waals surface area (Å²) in [7, 11) is 1.73. The van der Waals surface area contributed by atoms with E-state index >= 15 is 0 Å². The van der Waals surface area contributed by atoms with Gasteiger partial charge in [-0.15, -0.1) is 0 Å². The Labute approximate surface area is 104 Å². The van der Waals surface area contributed by atoms with Gasteiger partial charge in [0, 0.05) is 12.4 Å². The van der Waals surface area contributed by atoms with E-state index in [0.29, 0.717) is 11.6 Å². The summed E-state index contributed by atoms with van der Waals surface area (Å²) in [4.78, 5) is 4.02. The first kappa shape index (κ1) is 11.0. The summed E-state index contributed by atoms with van der Waals surface area (Å²) in [5.41, 5.74) is 1.92. The quantitative estimate of drug-likeness (QED) is 0.747. The predicted molar refractivity (Wildman–Crippen MR) is 66.0 cm³/mol. The van der Waals surface area contributed by atoms with Gasteiger partial charge in [0.25, 0.3) is 0 Å². The number of aliphatic hydroxyl groups is 1. The Morgan fingerprint density at radius 2 is 2.17 bits per heavy atom. The molecule has 1 N–H and O–H groups in total. The minimum Gasteiger partial charge on any atom is -0.458 e. The van der Waals surface area contributed by atoms with Crippen LogP contribution in [0.3, 0.4) is 0 Å². The summed E-state index contributed by atoms with van der Waals surface area (Å²) in [6.45, 7) is 2.02. The highest BCUT2D eigenvalue weighted by Gasteiger charge is 2.19. The molecule has 0 spiro atoms. The molecule has 0 aliphatic rings. The Kier molecular flexibility index (Phi) is 2.41. The monoisotopic (exact) mass is 243 g/mol. The highest BCUT2D eigenvalue weighted by molar-refractivity contribution is 5.78. The van der Waals surface area contributed by atoms with Crippen molar-refractivity contribution in [3.63, 3.8) is 0 Å². The van der Waals surface area contributed by atoms with Crippen LogP contribution in [0.4, 0.5) is 0 Å². The Balaban J connectivity index is 2.07. The molecule has 5 heteroatoms. The van der Waals surface area contributed by atoms with Crippen LogP contribution in [-0.2, 0) is 7.05 Å². The molecular formula is C13H13N3O2. The molecule has 0 saturated heterocycles. The predicted octanol–water partition coefficient (Wildman–Crippen LogP) is 1.95. The Morgan fingerprint density at radius 1 is 1.33 bits per heavy atom. The molecule has 2 heterocycles. The molecule has 5 nitrogen and oxygen atoms in total. The molecule has 2 aromatic heterocycles. The van der Waals surface area contributed by atoms with E-state index in [1.54, 1.807) is 7.05 Å². The molecule has 1 atom stereocenters. The van der Waals surface area contributed by atoms with Crippen molar-refractivity contribution in [2.45, 2.75) is 13.0 Å². The van der Waals surface area contributed by atoms with Gasteiger partial charge in [-0.3, -0.25) is 4.68 Å². The minimum atomic E-state index is -0.898. The second kappa shape index (κ2) is 3.96. The Hall–Kier alpha value is -2.14. The molecule has 0 bridgehead atoms. The van der Waals surface area contributed by atoms with Crippen LogP contribution in [0.1, 0.15) is 23.3 Å². The van der Waals surface area contributed by atoms with Gasteiger partial charge in [0.15, 0.2) is 11.9 Å². The maximum atomic E-state index is 10.2. The van der Waals surface area contributed by atoms with Crippen LogP contribution in [0.15, 0.2) is 35.0 Å². The van der Waals surface area contributed by atoms with Gasteiger partial charge in [-0.25, -0.2) is 4.98 Å². The van der Waals surface area contributed by atoms with E-state index < -0.39 is 6.10 Å². The van der Waals surface area contributed by atoms with Crippen molar-refractivity contribution in [2.75, 3.05) is 0 Å². The smallest absolute Gasteiger partial charge is 0.171 e. The summed E-state index contributed by atoms with van der Waals surface area (Å²) in [5, 5.41) is 15.1. The summed E-state index contributed by atoms with van der Waals surface area (Å²) in [5.74, 6) is 0.942. The largest absolute Gasteiger partial charge is 0.458 e. The number of hydrogen-bond donors (Lipinski definition) is 1. The number of benzene rings is 1. The zero-order valence-electron chi connectivity index (χ0n) is 10.2. The van der Waals surface area contributed by atoms with Crippen molar-refractivity contribution in [3.8, 4) is 0 Å². The maximum Gasteiger partial charge on any atom is 0.171 e. The lowest BCUT2D eigenvalue weighted by Crippen LogP contribution is -2.07. The zero-order valence-corrected chi connectivity index (χ0v) is 10.2. The van der Waals surface area contributed by atoms with Gasteiger partial charge in [-0.2, -0.15) is 5.10 Å². The summed E-state index contributed by atoms with van der Waals surface area (Å²) in [6, 6.07) is 7.73. The number of rotatable bonds is 2. The number of aryl methyl sites for hydroxylation is 2. The van der Waals surface area contributed by atoms with E-state index in [1.807, 2.05) is 31.2 Å². The number of furan rings is 1. The van der Waals surface area contributed by atoms with Crippen LogP contribution in [0.25, 0.3) is 11.0 Å². The first-order valence-corrected chi connectivity index (χ1v) is 5.67. The van der Waals surface area contributed by atoms with Crippen molar-refractivity contribution in [1.82, 2.24) is 14.8 Å². The summed E-state index contributed by atoms with van der Waals surface area (Å²) >= 11 is 0. The molecule has 0 saturated carbocycles. The van der Waals surface area contributed by atoms with Crippen LogP contribution in [-0.4, -0.2) is 19.9 Å². The van der Waals surface area contributed by atoms with Crippen LogP contribution in [0, 0.1) is 6.92 Å². The third-order valence-electron chi connectivity index (χ3n) is 2.95. The van der Waals surface area contributed by atoms with Crippen LogP contribution in [0.5, 0.6) is 0 Å². The normalized spacial score (nSPS) is 13.1. The number of hydrogen-bond acceptors (Lipinski definition) is 4. The highest BCUT2D eigenvalue weighted by Crippen LogP contribution is 2.27. The van der Waals surface area contributed by atoms with E-state index in [9.17, 15) is 5.11 Å². The van der Waals surface area contributed by atoms with Crippen molar-refractivity contribution < 1.29 is 9.52 Å². The molecule has 1 unspecified atom stereocenters. The number of aromatic nitrogens is 3. The molecule has 0 amide bonds. The second-order valence-corrected chi connectivity index (χ2v) is 4.33. The van der Waals surface area contributed by atoms with Crippen molar-refractivity contribution in [3.05, 3.63) is 47.7 Å². The first-order chi connectivity index (χ1) is 8.65. The van der Waals surface area contributed by atoms with Crippen LogP contribution in [0.2, 0.25) is 0 Å². The number of fused-ring (bicyclic) bond motifs is 1. The fourth-order valence-corrected chi connectivity index (χ4v) is 2.00. The molecule has 1 aromatic carbocycles. The molecule has 18 heavy (non-hydrogen) atoms. The van der Waals surface area contributed by atoms with Gasteiger partial charge in [-0.1, -0.05) is 11.6 Å². The minimum absolute atomic E-state index is 0.464.